The minimum absolute atomic E-state index is 0.201. The van der Waals surface area contributed by atoms with Crippen molar-refractivity contribution in [2.75, 3.05) is 11.9 Å². The molecule has 156 valence electrons. The summed E-state index contributed by atoms with van der Waals surface area (Å²) in [4.78, 5) is 29.3. The van der Waals surface area contributed by atoms with Crippen LogP contribution in [-0.4, -0.2) is 23.5 Å². The Morgan fingerprint density at radius 2 is 1.83 bits per heavy atom. The fraction of sp³-hybridized carbons (Fsp3) is 0.190. The highest BCUT2D eigenvalue weighted by Gasteiger charge is 2.13. The molecule has 9 heteroatoms. The van der Waals surface area contributed by atoms with Crippen molar-refractivity contribution in [3.8, 4) is 0 Å². The molecule has 3 amide bonds. The maximum absolute atomic E-state index is 12.9. The quantitative estimate of drug-likeness (QED) is 0.506. The zero-order chi connectivity index (χ0) is 21.5. The molecule has 3 N–H and O–H groups in total. The third-order valence-electron chi connectivity index (χ3n) is 4.22. The van der Waals surface area contributed by atoms with Gasteiger partial charge in [-0.3, -0.25) is 4.79 Å². The Bertz CT molecular complexity index is 1040. The monoisotopic (exact) mass is 446 g/mol. The molecule has 0 aliphatic heterocycles. The average Bonchev–Trinajstić information content (AvgIpc) is 3.06. The van der Waals surface area contributed by atoms with Gasteiger partial charge in [0.1, 0.15) is 5.82 Å². The van der Waals surface area contributed by atoms with Gasteiger partial charge in [0.05, 0.1) is 12.2 Å². The molecular formula is C21H20ClFN4O2S. The smallest absolute Gasteiger partial charge is 0.315 e. The highest BCUT2D eigenvalue weighted by molar-refractivity contribution is 7.15. The molecule has 3 aromatic rings. The average molecular weight is 447 g/mol. The Morgan fingerprint density at radius 1 is 1.10 bits per heavy atom. The zero-order valence-electron chi connectivity index (χ0n) is 16.2. The molecule has 3 rings (SSSR count). The van der Waals surface area contributed by atoms with Gasteiger partial charge < -0.3 is 16.0 Å². The Kier molecular flexibility index (Phi) is 7.37. The number of hydrogen-bond acceptors (Lipinski definition) is 4. The van der Waals surface area contributed by atoms with Crippen LogP contribution >= 0.6 is 22.9 Å². The molecule has 0 radical (unpaired) electrons. The molecular weight excluding hydrogens is 427 g/mol. The molecule has 0 saturated carbocycles. The van der Waals surface area contributed by atoms with E-state index < -0.39 is 6.03 Å². The van der Waals surface area contributed by atoms with E-state index in [9.17, 15) is 14.0 Å². The van der Waals surface area contributed by atoms with Crippen molar-refractivity contribution in [3.05, 3.63) is 81.1 Å². The van der Waals surface area contributed by atoms with E-state index in [0.29, 0.717) is 16.6 Å². The summed E-state index contributed by atoms with van der Waals surface area (Å²) in [6.07, 6.45) is 0.628. The van der Waals surface area contributed by atoms with Crippen LogP contribution in [0.25, 0.3) is 0 Å². The molecule has 2 aromatic carbocycles. The van der Waals surface area contributed by atoms with Crippen LogP contribution in [0.15, 0.2) is 48.5 Å². The van der Waals surface area contributed by atoms with E-state index in [1.165, 1.54) is 23.5 Å². The van der Waals surface area contributed by atoms with Crippen LogP contribution in [0.2, 0.25) is 5.02 Å². The van der Waals surface area contributed by atoms with Gasteiger partial charge in [-0.2, -0.15) is 0 Å². The first-order chi connectivity index (χ1) is 14.4. The first kappa shape index (κ1) is 21.7. The van der Waals surface area contributed by atoms with Gasteiger partial charge in [0.25, 0.3) is 0 Å². The van der Waals surface area contributed by atoms with E-state index in [1.54, 1.807) is 12.1 Å². The van der Waals surface area contributed by atoms with Crippen LogP contribution in [0.4, 0.5) is 14.3 Å². The lowest BCUT2D eigenvalue weighted by Crippen LogP contribution is -2.39. The van der Waals surface area contributed by atoms with E-state index >= 15 is 0 Å². The number of nitrogens with one attached hydrogen (secondary N) is 3. The number of anilines is 1. The number of benzene rings is 2. The molecule has 30 heavy (non-hydrogen) atoms. The first-order valence-electron chi connectivity index (χ1n) is 9.16. The zero-order valence-corrected chi connectivity index (χ0v) is 17.7. The Hall–Kier alpha value is -2.97. The van der Waals surface area contributed by atoms with Crippen LogP contribution < -0.4 is 16.0 Å². The lowest BCUT2D eigenvalue weighted by Gasteiger charge is -2.07. The minimum atomic E-state index is -0.496. The second kappa shape index (κ2) is 10.2. The maximum atomic E-state index is 12.9. The van der Waals surface area contributed by atoms with Crippen molar-refractivity contribution in [2.45, 2.75) is 19.9 Å². The Morgan fingerprint density at radius 3 is 2.57 bits per heavy atom. The number of hydrogen-bond donors (Lipinski definition) is 3. The molecule has 0 fully saturated rings. The highest BCUT2D eigenvalue weighted by Crippen LogP contribution is 2.27. The lowest BCUT2D eigenvalue weighted by atomic mass is 10.1. The van der Waals surface area contributed by atoms with Crippen molar-refractivity contribution >= 4 is 40.0 Å². The molecule has 6 nitrogen and oxygen atoms in total. The van der Waals surface area contributed by atoms with Crippen LogP contribution in [0, 0.1) is 12.7 Å². The second-order valence-electron chi connectivity index (χ2n) is 6.51. The first-order valence-corrected chi connectivity index (χ1v) is 10.4. The minimum Gasteiger partial charge on any atom is -0.334 e. The van der Waals surface area contributed by atoms with Gasteiger partial charge in [0, 0.05) is 22.9 Å². The number of urea groups is 1. The van der Waals surface area contributed by atoms with Gasteiger partial charge in [0.15, 0.2) is 5.13 Å². The highest BCUT2D eigenvalue weighted by atomic mass is 35.5. The Labute approximate surface area is 182 Å². The predicted molar refractivity (Wildman–Crippen MR) is 116 cm³/mol. The molecule has 0 unspecified atom stereocenters. The van der Waals surface area contributed by atoms with E-state index in [-0.39, 0.29) is 24.8 Å². The summed E-state index contributed by atoms with van der Waals surface area (Å²) in [6, 6.07) is 12.9. The van der Waals surface area contributed by atoms with Crippen molar-refractivity contribution in [1.29, 1.82) is 0 Å². The summed E-state index contributed by atoms with van der Waals surface area (Å²) in [6.45, 7) is 1.90. The van der Waals surface area contributed by atoms with Gasteiger partial charge in [-0.25, -0.2) is 14.2 Å². The summed E-state index contributed by atoms with van der Waals surface area (Å²) in [5, 5.41) is 8.92. The molecule has 0 aliphatic rings. The largest absolute Gasteiger partial charge is 0.334 e. The van der Waals surface area contributed by atoms with E-state index in [2.05, 4.69) is 20.9 Å². The normalized spacial score (nSPS) is 10.5. The van der Waals surface area contributed by atoms with E-state index in [0.717, 1.165) is 21.7 Å². The lowest BCUT2D eigenvalue weighted by molar-refractivity contribution is -0.115. The van der Waals surface area contributed by atoms with Crippen LogP contribution in [0.5, 0.6) is 0 Å². The third kappa shape index (κ3) is 6.27. The predicted octanol–water partition coefficient (Wildman–Crippen LogP) is 4.27. The number of rotatable bonds is 7. The summed E-state index contributed by atoms with van der Waals surface area (Å²) >= 11 is 7.59. The number of amides is 3. The fourth-order valence-electron chi connectivity index (χ4n) is 2.63. The summed E-state index contributed by atoms with van der Waals surface area (Å²) in [5.74, 6) is -0.725. The van der Waals surface area contributed by atoms with Crippen LogP contribution in [0.3, 0.4) is 0 Å². The summed E-state index contributed by atoms with van der Waals surface area (Å²) in [5.41, 5.74) is 2.56. The van der Waals surface area contributed by atoms with Gasteiger partial charge in [-0.1, -0.05) is 41.9 Å². The van der Waals surface area contributed by atoms with Crippen LogP contribution in [-0.2, 0) is 17.8 Å². The maximum Gasteiger partial charge on any atom is 0.315 e. The summed E-state index contributed by atoms with van der Waals surface area (Å²) in [7, 11) is 0. The van der Waals surface area contributed by atoms with E-state index in [1.807, 2.05) is 31.2 Å². The molecule has 0 aliphatic carbocycles. The number of aromatic nitrogens is 1. The number of carbonyl (C=O) groups excluding carboxylic acids is 2. The number of thiazole rings is 1. The molecule has 1 heterocycles. The third-order valence-corrected chi connectivity index (χ3v) is 5.67. The van der Waals surface area contributed by atoms with Crippen molar-refractivity contribution in [3.63, 3.8) is 0 Å². The summed E-state index contributed by atoms with van der Waals surface area (Å²) < 4.78 is 12.9. The number of carbonyl (C=O) groups is 2. The topological polar surface area (TPSA) is 83.1 Å². The fourth-order valence-corrected chi connectivity index (χ4v) is 3.84. The van der Waals surface area contributed by atoms with Gasteiger partial charge in [-0.05, 0) is 36.2 Å². The van der Waals surface area contributed by atoms with Crippen molar-refractivity contribution < 1.29 is 14.0 Å². The molecule has 0 bridgehead atoms. The molecule has 1 aromatic heterocycles. The molecule has 0 atom stereocenters. The molecule has 0 spiro atoms. The second-order valence-corrected chi connectivity index (χ2v) is 8.00. The number of nitrogens with zero attached hydrogens (tertiary/aromatic N) is 1. The SMILES string of the molecule is Cc1nc(NC(=O)CNC(=O)NCc2ccc(F)cc2)sc1Cc1ccccc1Cl. The van der Waals surface area contributed by atoms with Gasteiger partial charge in [0.2, 0.25) is 5.91 Å². The van der Waals surface area contributed by atoms with Crippen LogP contribution in [0.1, 0.15) is 21.7 Å². The van der Waals surface area contributed by atoms with Gasteiger partial charge in [-0.15, -0.1) is 11.3 Å². The Balaban J connectivity index is 1.46. The van der Waals surface area contributed by atoms with Gasteiger partial charge >= 0.3 is 6.03 Å². The number of halogens is 2. The standard InChI is InChI=1S/C21H20ClFN4O2S/c1-13-18(10-15-4-2-3-5-17(15)22)30-21(26-13)27-19(28)12-25-20(29)24-11-14-6-8-16(23)9-7-14/h2-9H,10-12H2,1H3,(H2,24,25,29)(H,26,27,28). The number of aryl methyl sites for hydroxylation is 1. The molecule has 0 saturated heterocycles. The van der Waals surface area contributed by atoms with Crippen molar-refractivity contribution in [2.24, 2.45) is 0 Å². The van der Waals surface area contributed by atoms with E-state index in [4.69, 9.17) is 11.6 Å². The van der Waals surface area contributed by atoms with Crippen molar-refractivity contribution in [1.82, 2.24) is 15.6 Å².